The Kier molecular flexibility index (Phi) is 8.49. The number of carbonyl (C=O) groups excluding carboxylic acids is 1. The lowest BCUT2D eigenvalue weighted by atomic mass is 10.1. The first-order chi connectivity index (χ1) is 19.4. The zero-order valence-corrected chi connectivity index (χ0v) is 24.8. The maximum absolute atomic E-state index is 14.0. The van der Waals surface area contributed by atoms with Gasteiger partial charge in [0.05, 0.1) is 18.0 Å². The Labute approximate surface area is 245 Å². The molecule has 204 valence electrons. The second kappa shape index (κ2) is 12.2. The summed E-state index contributed by atoms with van der Waals surface area (Å²) in [7, 11) is 0. The van der Waals surface area contributed by atoms with Crippen LogP contribution in [0.1, 0.15) is 25.0 Å². The van der Waals surface area contributed by atoms with E-state index >= 15 is 0 Å². The van der Waals surface area contributed by atoms with Crippen molar-refractivity contribution in [2.45, 2.75) is 32.3 Å². The molecule has 0 bridgehead atoms. The molecule has 0 unspecified atom stereocenters. The molecule has 2 heterocycles. The third-order valence-corrected chi connectivity index (χ3v) is 8.61. The van der Waals surface area contributed by atoms with Crippen LogP contribution in [0.2, 0.25) is 0 Å². The van der Waals surface area contributed by atoms with Crippen molar-refractivity contribution in [3.63, 3.8) is 0 Å². The Hall–Kier alpha value is -3.73. The second-order valence-electron chi connectivity index (χ2n) is 8.99. The van der Waals surface area contributed by atoms with Crippen LogP contribution in [0.5, 0.6) is 5.75 Å². The average Bonchev–Trinajstić information content (AvgIpc) is 3.29. The fourth-order valence-corrected chi connectivity index (χ4v) is 6.40. The smallest absolute Gasteiger partial charge is 0.278 e. The van der Waals surface area contributed by atoms with Crippen LogP contribution in [0.25, 0.3) is 21.7 Å². The van der Waals surface area contributed by atoms with Crippen LogP contribution in [-0.4, -0.2) is 32.4 Å². The van der Waals surface area contributed by atoms with Crippen molar-refractivity contribution in [1.82, 2.24) is 14.1 Å². The lowest BCUT2D eigenvalue weighted by Crippen LogP contribution is -2.23. The minimum atomic E-state index is -0.224. The summed E-state index contributed by atoms with van der Waals surface area (Å²) in [5.74, 6) is 0.639. The first kappa shape index (κ1) is 27.8. The summed E-state index contributed by atoms with van der Waals surface area (Å²) < 4.78 is 9.92. The number of nitrogens with one attached hydrogen (secondary N) is 1. The maximum Gasteiger partial charge on any atom is 0.278 e. The fourth-order valence-electron chi connectivity index (χ4n) is 4.30. The summed E-state index contributed by atoms with van der Waals surface area (Å²) >= 11 is 8.14. The van der Waals surface area contributed by atoms with Gasteiger partial charge in [0.15, 0.2) is 14.8 Å². The molecule has 0 saturated heterocycles. The van der Waals surface area contributed by atoms with E-state index in [0.717, 1.165) is 29.1 Å². The number of anilines is 1. The van der Waals surface area contributed by atoms with Gasteiger partial charge < -0.3 is 10.1 Å². The van der Waals surface area contributed by atoms with Gasteiger partial charge >= 0.3 is 0 Å². The highest BCUT2D eigenvalue weighted by molar-refractivity contribution is 7.99. The molecular formula is C30H28N4O3S3. The summed E-state index contributed by atoms with van der Waals surface area (Å²) in [4.78, 5) is 31.8. The molecule has 3 aromatic carbocycles. The zero-order valence-electron chi connectivity index (χ0n) is 22.3. The Balaban J connectivity index is 1.56. The number of aryl methyl sites for hydroxylation is 2. The van der Waals surface area contributed by atoms with Crippen molar-refractivity contribution in [1.29, 1.82) is 0 Å². The normalized spacial score (nSPS) is 11.1. The number of aromatic nitrogens is 3. The van der Waals surface area contributed by atoms with E-state index < -0.39 is 0 Å². The van der Waals surface area contributed by atoms with E-state index in [4.69, 9.17) is 21.9 Å². The summed E-state index contributed by atoms with van der Waals surface area (Å²) in [6, 6.07) is 22.9. The number of benzene rings is 3. The number of nitrogens with zero attached hydrogens (tertiary/aromatic N) is 3. The van der Waals surface area contributed by atoms with E-state index in [-0.39, 0.29) is 17.2 Å². The van der Waals surface area contributed by atoms with E-state index in [2.05, 4.69) is 12.2 Å². The van der Waals surface area contributed by atoms with Crippen molar-refractivity contribution in [2.75, 3.05) is 17.7 Å². The number of para-hydroxylation sites is 1. The summed E-state index contributed by atoms with van der Waals surface area (Å²) in [6.07, 6.45) is 0.930. The van der Waals surface area contributed by atoms with Crippen LogP contribution < -0.4 is 15.6 Å². The Morgan fingerprint density at radius 3 is 2.42 bits per heavy atom. The lowest BCUT2D eigenvalue weighted by molar-refractivity contribution is -0.113. The number of hydrogen-bond acceptors (Lipinski definition) is 7. The molecule has 0 fully saturated rings. The molecule has 1 N–H and O–H groups in total. The molecule has 0 atom stereocenters. The van der Waals surface area contributed by atoms with E-state index in [1.807, 2.05) is 86.6 Å². The number of carbonyl (C=O) groups is 1. The third kappa shape index (κ3) is 5.74. The van der Waals surface area contributed by atoms with Gasteiger partial charge in [-0.1, -0.05) is 60.4 Å². The van der Waals surface area contributed by atoms with Crippen molar-refractivity contribution in [3.05, 3.63) is 98.2 Å². The molecule has 2 aromatic heterocycles. The minimum absolute atomic E-state index is 0.0767. The molecule has 40 heavy (non-hydrogen) atoms. The Morgan fingerprint density at radius 2 is 1.75 bits per heavy atom. The van der Waals surface area contributed by atoms with E-state index in [1.165, 1.54) is 28.7 Å². The van der Waals surface area contributed by atoms with Crippen molar-refractivity contribution in [2.24, 2.45) is 0 Å². The van der Waals surface area contributed by atoms with Crippen LogP contribution in [0.3, 0.4) is 0 Å². The van der Waals surface area contributed by atoms with E-state index in [1.54, 1.807) is 9.13 Å². The minimum Gasteiger partial charge on any atom is -0.494 e. The highest BCUT2D eigenvalue weighted by Crippen LogP contribution is 2.29. The van der Waals surface area contributed by atoms with Crippen LogP contribution >= 0.6 is 35.3 Å². The number of hydrogen-bond donors (Lipinski definition) is 1. The topological polar surface area (TPSA) is 78.1 Å². The molecule has 0 spiro atoms. The molecule has 0 aliphatic heterocycles. The number of fused-ring (bicyclic) bond motifs is 1. The van der Waals surface area contributed by atoms with Gasteiger partial charge in [-0.05, 0) is 86.1 Å². The number of rotatable bonds is 9. The first-order valence-electron chi connectivity index (χ1n) is 12.9. The van der Waals surface area contributed by atoms with Crippen molar-refractivity contribution in [3.8, 4) is 17.1 Å². The molecule has 1 amide bonds. The van der Waals surface area contributed by atoms with Gasteiger partial charge in [-0.25, -0.2) is 4.98 Å². The van der Waals surface area contributed by atoms with E-state index in [9.17, 15) is 9.59 Å². The van der Waals surface area contributed by atoms with Gasteiger partial charge in [-0.3, -0.25) is 18.7 Å². The third-order valence-electron chi connectivity index (χ3n) is 6.32. The summed E-state index contributed by atoms with van der Waals surface area (Å²) in [5.41, 5.74) is 4.58. The van der Waals surface area contributed by atoms with Gasteiger partial charge in [-0.2, -0.15) is 0 Å². The molecule has 10 heteroatoms. The number of thiazole rings is 1. The van der Waals surface area contributed by atoms with E-state index in [0.29, 0.717) is 31.8 Å². The highest BCUT2D eigenvalue weighted by atomic mass is 32.2. The van der Waals surface area contributed by atoms with Gasteiger partial charge in [0.2, 0.25) is 5.91 Å². The highest BCUT2D eigenvalue weighted by Gasteiger charge is 2.20. The number of amides is 1. The maximum atomic E-state index is 14.0. The molecule has 7 nitrogen and oxygen atoms in total. The average molecular weight is 589 g/mol. The molecule has 0 aliphatic carbocycles. The van der Waals surface area contributed by atoms with Crippen molar-refractivity contribution >= 4 is 57.3 Å². The van der Waals surface area contributed by atoms with Crippen LogP contribution in [-0.2, 0) is 11.2 Å². The fraction of sp³-hybridized carbons (Fsp3) is 0.200. The van der Waals surface area contributed by atoms with Gasteiger partial charge in [0, 0.05) is 11.4 Å². The van der Waals surface area contributed by atoms with Crippen LogP contribution in [0.4, 0.5) is 5.69 Å². The molecule has 0 radical (unpaired) electrons. The SMILES string of the molecule is CCOc1ccc(-n2c(=S)sc3c(=O)n(-c4ccccc4C)c(SCC(=O)Nc4ccc(CC)cc4)nc32)cc1. The van der Waals surface area contributed by atoms with Crippen LogP contribution in [0, 0.1) is 10.9 Å². The molecule has 0 saturated carbocycles. The summed E-state index contributed by atoms with van der Waals surface area (Å²) in [6.45, 7) is 6.53. The molecular weight excluding hydrogens is 561 g/mol. The predicted molar refractivity (Wildman–Crippen MR) is 166 cm³/mol. The lowest BCUT2D eigenvalue weighted by Gasteiger charge is -2.15. The zero-order chi connectivity index (χ0) is 28.2. The van der Waals surface area contributed by atoms with Crippen LogP contribution in [0.15, 0.2) is 82.7 Å². The van der Waals surface area contributed by atoms with Gasteiger partial charge in [0.25, 0.3) is 5.56 Å². The predicted octanol–water partition coefficient (Wildman–Crippen LogP) is 6.97. The first-order valence-corrected chi connectivity index (χ1v) is 15.1. The standard InChI is InChI=1S/C30H28N4O3S3/c1-4-20-10-12-21(13-11-20)31-25(35)18-39-29-32-27-26(28(36)34(29)24-9-7-6-8-19(24)3)40-30(38)33(27)22-14-16-23(17-15-22)37-5-2/h6-17H,4-5,18H2,1-3H3,(H,31,35). The van der Waals surface area contributed by atoms with Gasteiger partial charge in [0.1, 0.15) is 10.4 Å². The summed E-state index contributed by atoms with van der Waals surface area (Å²) in [5, 5.41) is 3.35. The Bertz CT molecular complexity index is 1790. The molecule has 5 aromatic rings. The number of thioether (sulfide) groups is 1. The number of ether oxygens (including phenoxy) is 1. The monoisotopic (exact) mass is 588 g/mol. The quantitative estimate of drug-likeness (QED) is 0.114. The van der Waals surface area contributed by atoms with Gasteiger partial charge in [-0.15, -0.1) is 0 Å². The molecule has 5 rings (SSSR count). The largest absolute Gasteiger partial charge is 0.494 e. The van der Waals surface area contributed by atoms with Crippen molar-refractivity contribution < 1.29 is 9.53 Å². The second-order valence-corrected chi connectivity index (χ2v) is 11.6. The Morgan fingerprint density at radius 1 is 1.02 bits per heavy atom. The molecule has 0 aliphatic rings.